The highest BCUT2D eigenvalue weighted by Gasteiger charge is 2.39. The number of carbonyl (C=O) groups is 1. The zero-order valence-corrected chi connectivity index (χ0v) is 7.17. The predicted molar refractivity (Wildman–Crippen MR) is 42.5 cm³/mol. The van der Waals surface area contributed by atoms with E-state index in [-0.39, 0.29) is 5.97 Å². The average molecular weight is 170 g/mol. The van der Waals surface area contributed by atoms with Crippen molar-refractivity contribution in [2.75, 3.05) is 6.61 Å². The first-order valence-corrected chi connectivity index (χ1v) is 4.67. The third-order valence-corrected chi connectivity index (χ3v) is 2.56. The maximum Gasteiger partial charge on any atom is 0.308 e. The molecule has 2 aliphatic rings. The minimum Gasteiger partial charge on any atom is -0.433 e. The van der Waals surface area contributed by atoms with Gasteiger partial charge in [-0.25, -0.2) is 0 Å². The minimum absolute atomic E-state index is 0.0943. The summed E-state index contributed by atoms with van der Waals surface area (Å²) in [5.41, 5.74) is 0. The van der Waals surface area contributed by atoms with E-state index >= 15 is 0 Å². The van der Waals surface area contributed by atoms with E-state index in [1.165, 1.54) is 0 Å². The van der Waals surface area contributed by atoms with Gasteiger partial charge in [0.1, 0.15) is 0 Å². The van der Waals surface area contributed by atoms with Gasteiger partial charge in [-0.2, -0.15) is 0 Å². The quantitative estimate of drug-likeness (QED) is 0.518. The van der Waals surface area contributed by atoms with Crippen LogP contribution in [0.1, 0.15) is 38.5 Å². The standard InChI is InChI=1S/C9H14O3/c10-8-4-3-6-9(12-8)5-1-2-7-11-9/h1-7H2/t9-/m0/s1. The summed E-state index contributed by atoms with van der Waals surface area (Å²) in [5.74, 6) is -0.615. The van der Waals surface area contributed by atoms with Crippen LogP contribution in [0, 0.1) is 0 Å². The molecule has 0 aliphatic carbocycles. The maximum absolute atomic E-state index is 11.0. The molecule has 2 heterocycles. The van der Waals surface area contributed by atoms with Gasteiger partial charge in [0.2, 0.25) is 5.79 Å². The normalized spacial score (nSPS) is 36.5. The highest BCUT2D eigenvalue weighted by molar-refractivity contribution is 5.70. The molecule has 12 heavy (non-hydrogen) atoms. The van der Waals surface area contributed by atoms with Crippen LogP contribution in [0.3, 0.4) is 0 Å². The molecule has 0 bridgehead atoms. The number of carbonyl (C=O) groups excluding carboxylic acids is 1. The molecular formula is C9H14O3. The van der Waals surface area contributed by atoms with Gasteiger partial charge in [-0.1, -0.05) is 0 Å². The molecule has 0 N–H and O–H groups in total. The fraction of sp³-hybridized carbons (Fsp3) is 0.889. The van der Waals surface area contributed by atoms with Gasteiger partial charge in [-0.15, -0.1) is 0 Å². The summed E-state index contributed by atoms with van der Waals surface area (Å²) in [4.78, 5) is 11.0. The van der Waals surface area contributed by atoms with E-state index in [4.69, 9.17) is 9.47 Å². The Morgan fingerprint density at radius 1 is 1.17 bits per heavy atom. The second-order valence-electron chi connectivity index (χ2n) is 3.54. The first-order chi connectivity index (χ1) is 5.81. The van der Waals surface area contributed by atoms with E-state index in [9.17, 15) is 4.79 Å². The lowest BCUT2D eigenvalue weighted by Crippen LogP contribution is -2.43. The second-order valence-corrected chi connectivity index (χ2v) is 3.54. The molecule has 3 heteroatoms. The molecule has 0 saturated carbocycles. The zero-order chi connectivity index (χ0) is 8.44. The van der Waals surface area contributed by atoms with Crippen LogP contribution in [0.4, 0.5) is 0 Å². The van der Waals surface area contributed by atoms with Gasteiger partial charge in [0, 0.05) is 19.3 Å². The number of ether oxygens (including phenoxy) is 2. The number of rotatable bonds is 0. The lowest BCUT2D eigenvalue weighted by Gasteiger charge is -2.38. The molecule has 0 aromatic rings. The summed E-state index contributed by atoms with van der Waals surface area (Å²) < 4.78 is 10.8. The lowest BCUT2D eigenvalue weighted by atomic mass is 9.97. The molecule has 0 unspecified atom stereocenters. The first kappa shape index (κ1) is 8.05. The average Bonchev–Trinajstić information content (AvgIpc) is 2.05. The molecule has 3 nitrogen and oxygen atoms in total. The first-order valence-electron chi connectivity index (χ1n) is 4.67. The summed E-state index contributed by atoms with van der Waals surface area (Å²) in [6, 6.07) is 0. The molecule has 2 aliphatic heterocycles. The Hall–Kier alpha value is -0.570. The number of hydrogen-bond donors (Lipinski definition) is 0. The lowest BCUT2D eigenvalue weighted by molar-refractivity contribution is -0.259. The molecule has 0 aromatic carbocycles. The smallest absolute Gasteiger partial charge is 0.308 e. The molecule has 1 atom stereocenters. The van der Waals surface area contributed by atoms with Gasteiger partial charge in [-0.3, -0.25) is 4.79 Å². The predicted octanol–water partition coefficient (Wildman–Crippen LogP) is 1.61. The molecule has 0 radical (unpaired) electrons. The van der Waals surface area contributed by atoms with Crippen LogP contribution in [0.25, 0.3) is 0 Å². The topological polar surface area (TPSA) is 35.5 Å². The van der Waals surface area contributed by atoms with E-state index in [2.05, 4.69) is 0 Å². The van der Waals surface area contributed by atoms with Crippen molar-refractivity contribution >= 4 is 5.97 Å². The minimum atomic E-state index is -0.520. The summed E-state index contributed by atoms with van der Waals surface area (Å²) in [6.07, 6.45) is 5.47. The third kappa shape index (κ3) is 1.46. The highest BCUT2D eigenvalue weighted by atomic mass is 16.7. The Kier molecular flexibility index (Phi) is 2.05. The van der Waals surface area contributed by atoms with Crippen LogP contribution >= 0.6 is 0 Å². The maximum atomic E-state index is 11.0. The van der Waals surface area contributed by atoms with Crippen molar-refractivity contribution in [2.24, 2.45) is 0 Å². The SMILES string of the molecule is O=C1CCC[C@]2(CCCCO2)O1. The van der Waals surface area contributed by atoms with Crippen molar-refractivity contribution in [3.63, 3.8) is 0 Å². The molecular weight excluding hydrogens is 156 g/mol. The molecule has 2 saturated heterocycles. The van der Waals surface area contributed by atoms with Crippen LogP contribution in [0.2, 0.25) is 0 Å². The molecule has 2 fully saturated rings. The Balaban J connectivity index is 2.02. The fourth-order valence-electron chi connectivity index (χ4n) is 1.92. The van der Waals surface area contributed by atoms with Crippen LogP contribution in [0.5, 0.6) is 0 Å². The van der Waals surface area contributed by atoms with E-state index in [0.717, 1.165) is 38.7 Å². The van der Waals surface area contributed by atoms with E-state index < -0.39 is 5.79 Å². The summed E-state index contributed by atoms with van der Waals surface area (Å²) in [6.45, 7) is 0.743. The second kappa shape index (κ2) is 3.05. The Morgan fingerprint density at radius 3 is 2.67 bits per heavy atom. The van der Waals surface area contributed by atoms with Crippen molar-refractivity contribution < 1.29 is 14.3 Å². The highest BCUT2D eigenvalue weighted by Crippen LogP contribution is 2.34. The number of esters is 1. The van der Waals surface area contributed by atoms with E-state index in [1.54, 1.807) is 0 Å². The van der Waals surface area contributed by atoms with Crippen LogP contribution in [-0.2, 0) is 14.3 Å². The Bertz CT molecular complexity index is 177. The van der Waals surface area contributed by atoms with Crippen molar-refractivity contribution in [1.29, 1.82) is 0 Å². The zero-order valence-electron chi connectivity index (χ0n) is 7.17. The van der Waals surface area contributed by atoms with E-state index in [0.29, 0.717) is 6.42 Å². The van der Waals surface area contributed by atoms with Gasteiger partial charge in [0.05, 0.1) is 6.61 Å². The third-order valence-electron chi connectivity index (χ3n) is 2.56. The van der Waals surface area contributed by atoms with Gasteiger partial charge >= 0.3 is 5.97 Å². The molecule has 2 rings (SSSR count). The monoisotopic (exact) mass is 170 g/mol. The number of hydrogen-bond acceptors (Lipinski definition) is 3. The van der Waals surface area contributed by atoms with E-state index in [1.807, 2.05) is 0 Å². The Labute approximate surface area is 72.0 Å². The molecule has 68 valence electrons. The van der Waals surface area contributed by atoms with Crippen molar-refractivity contribution in [3.8, 4) is 0 Å². The van der Waals surface area contributed by atoms with Crippen molar-refractivity contribution in [2.45, 2.75) is 44.3 Å². The van der Waals surface area contributed by atoms with Crippen LogP contribution in [-0.4, -0.2) is 18.4 Å². The molecule has 1 spiro atoms. The summed E-state index contributed by atoms with van der Waals surface area (Å²) >= 11 is 0. The fourth-order valence-corrected chi connectivity index (χ4v) is 1.92. The van der Waals surface area contributed by atoms with Crippen molar-refractivity contribution in [3.05, 3.63) is 0 Å². The van der Waals surface area contributed by atoms with Gasteiger partial charge in [0.15, 0.2) is 0 Å². The molecule has 0 aromatic heterocycles. The largest absolute Gasteiger partial charge is 0.433 e. The van der Waals surface area contributed by atoms with Gasteiger partial charge in [-0.05, 0) is 19.3 Å². The van der Waals surface area contributed by atoms with Crippen molar-refractivity contribution in [1.82, 2.24) is 0 Å². The van der Waals surface area contributed by atoms with Gasteiger partial charge < -0.3 is 9.47 Å². The summed E-state index contributed by atoms with van der Waals surface area (Å²) in [7, 11) is 0. The van der Waals surface area contributed by atoms with Crippen LogP contribution in [0.15, 0.2) is 0 Å². The van der Waals surface area contributed by atoms with Gasteiger partial charge in [0.25, 0.3) is 0 Å². The molecule has 0 amide bonds. The summed E-state index contributed by atoms with van der Waals surface area (Å²) in [5, 5.41) is 0. The Morgan fingerprint density at radius 2 is 2.00 bits per heavy atom. The van der Waals surface area contributed by atoms with Crippen LogP contribution < -0.4 is 0 Å².